The van der Waals surface area contributed by atoms with Crippen molar-refractivity contribution in [3.05, 3.63) is 71.8 Å². The zero-order chi connectivity index (χ0) is 17.9. The average molecular weight is 350 g/mol. The van der Waals surface area contributed by atoms with Gasteiger partial charge >= 0.3 is 0 Å². The molecule has 2 aromatic rings. The topological polar surface area (TPSA) is 62.1 Å². The summed E-state index contributed by atoms with van der Waals surface area (Å²) in [6.45, 7) is 0.580. The van der Waals surface area contributed by atoms with Crippen molar-refractivity contribution in [2.75, 3.05) is 6.61 Å². The fourth-order valence-electron chi connectivity index (χ4n) is 3.72. The van der Waals surface area contributed by atoms with Gasteiger partial charge in [0.05, 0.1) is 0 Å². The summed E-state index contributed by atoms with van der Waals surface area (Å²) < 4.78 is 6.02. The molecule has 134 valence electrons. The molecule has 0 bridgehead atoms. The molecule has 5 nitrogen and oxygen atoms in total. The van der Waals surface area contributed by atoms with Gasteiger partial charge in [-0.3, -0.25) is 4.79 Å². The first kappa shape index (κ1) is 16.8. The smallest absolute Gasteiger partial charge is 0.251 e. The minimum absolute atomic E-state index is 0.0190. The molecule has 2 aromatic carbocycles. The highest BCUT2D eigenvalue weighted by Crippen LogP contribution is 2.32. The number of rotatable bonds is 5. The third-order valence-electron chi connectivity index (χ3n) is 5.03. The first-order valence-corrected chi connectivity index (χ1v) is 9.01. The fraction of sp³-hybridized carbons (Fsp3) is 0.333. The summed E-state index contributed by atoms with van der Waals surface area (Å²) in [5.41, 5.74) is 1.97. The Hall–Kier alpha value is -2.66. The van der Waals surface area contributed by atoms with Crippen LogP contribution in [0.25, 0.3) is 0 Å². The Morgan fingerprint density at radius 3 is 2.46 bits per heavy atom. The van der Waals surface area contributed by atoms with Crippen LogP contribution in [0.4, 0.5) is 0 Å². The Morgan fingerprint density at radius 2 is 1.77 bits per heavy atom. The highest BCUT2D eigenvalue weighted by Gasteiger charge is 2.46. The molecule has 3 atom stereocenters. The molecule has 2 heterocycles. The number of ether oxygens (including phenoxy) is 1. The number of amides is 1. The van der Waals surface area contributed by atoms with Crippen LogP contribution in [0.15, 0.2) is 65.7 Å². The molecule has 1 saturated heterocycles. The molecule has 0 radical (unpaired) electrons. The van der Waals surface area contributed by atoms with Crippen LogP contribution in [-0.4, -0.2) is 46.6 Å². The first-order chi connectivity index (χ1) is 12.8. The maximum Gasteiger partial charge on any atom is 0.251 e. The monoisotopic (exact) mass is 350 g/mol. The Morgan fingerprint density at radius 1 is 1.08 bits per heavy atom. The van der Waals surface area contributed by atoms with E-state index in [9.17, 15) is 9.90 Å². The summed E-state index contributed by atoms with van der Waals surface area (Å²) in [6.07, 6.45) is 0.983. The number of nitrogens with zero attached hydrogens (tertiary/aromatic N) is 2. The summed E-state index contributed by atoms with van der Waals surface area (Å²) in [5.74, 6) is 0.521. The number of aliphatic imine (C=N–C) groups is 1. The predicted molar refractivity (Wildman–Crippen MR) is 98.7 cm³/mol. The van der Waals surface area contributed by atoms with Crippen LogP contribution in [0.2, 0.25) is 0 Å². The normalized spacial score (nSPS) is 24.8. The molecule has 0 spiro atoms. The van der Waals surface area contributed by atoms with Gasteiger partial charge in [0.2, 0.25) is 5.90 Å². The average Bonchev–Trinajstić information content (AvgIpc) is 3.11. The highest BCUT2D eigenvalue weighted by atomic mass is 16.5. The van der Waals surface area contributed by atoms with Crippen molar-refractivity contribution in [1.82, 2.24) is 4.90 Å². The van der Waals surface area contributed by atoms with E-state index in [1.165, 1.54) is 0 Å². The standard InChI is InChI=1S/C21H22N2O3/c24-12-11-17-13-18-19(22-20(26-18)16-9-5-2-6-10-16)21(25)23(17)14-15-7-3-1-4-8-15/h1-10,17-19,24H,11-14H2. The highest BCUT2D eigenvalue weighted by molar-refractivity contribution is 5.99. The number of likely N-dealkylation sites (tertiary alicyclic amines) is 1. The van der Waals surface area contributed by atoms with E-state index in [1.54, 1.807) is 0 Å². The van der Waals surface area contributed by atoms with Crippen LogP contribution in [0.3, 0.4) is 0 Å². The predicted octanol–water partition coefficient (Wildman–Crippen LogP) is 2.38. The van der Waals surface area contributed by atoms with E-state index < -0.39 is 6.04 Å². The Bertz CT molecular complexity index is 791. The summed E-state index contributed by atoms with van der Waals surface area (Å²) in [7, 11) is 0. The number of carbonyl (C=O) groups is 1. The van der Waals surface area contributed by atoms with Gasteiger partial charge < -0.3 is 14.7 Å². The van der Waals surface area contributed by atoms with Crippen LogP contribution in [0.5, 0.6) is 0 Å². The van der Waals surface area contributed by atoms with Crippen LogP contribution < -0.4 is 0 Å². The van der Waals surface area contributed by atoms with Gasteiger partial charge in [0, 0.05) is 31.2 Å². The number of aliphatic hydroxyl groups excluding tert-OH is 1. The zero-order valence-electron chi connectivity index (χ0n) is 14.5. The van der Waals surface area contributed by atoms with Gasteiger partial charge in [-0.1, -0.05) is 48.5 Å². The van der Waals surface area contributed by atoms with E-state index in [0.717, 1.165) is 11.1 Å². The molecule has 0 aliphatic carbocycles. The largest absolute Gasteiger partial charge is 0.471 e. The molecule has 4 rings (SSSR count). The lowest BCUT2D eigenvalue weighted by atomic mass is 9.92. The second kappa shape index (κ2) is 7.30. The van der Waals surface area contributed by atoms with Crippen molar-refractivity contribution in [2.45, 2.75) is 37.6 Å². The van der Waals surface area contributed by atoms with E-state index in [1.807, 2.05) is 65.6 Å². The lowest BCUT2D eigenvalue weighted by Gasteiger charge is -2.39. The van der Waals surface area contributed by atoms with Crippen LogP contribution in [0, 0.1) is 0 Å². The van der Waals surface area contributed by atoms with Crippen molar-refractivity contribution in [3.8, 4) is 0 Å². The zero-order valence-corrected chi connectivity index (χ0v) is 14.5. The van der Waals surface area contributed by atoms with Crippen molar-refractivity contribution < 1.29 is 14.6 Å². The summed E-state index contributed by atoms with van der Waals surface area (Å²) in [5, 5.41) is 9.45. The molecule has 1 fully saturated rings. The van der Waals surface area contributed by atoms with Crippen LogP contribution >= 0.6 is 0 Å². The summed E-state index contributed by atoms with van der Waals surface area (Å²) >= 11 is 0. The second-order valence-electron chi connectivity index (χ2n) is 6.75. The maximum atomic E-state index is 13.1. The number of benzene rings is 2. The van der Waals surface area contributed by atoms with E-state index in [0.29, 0.717) is 25.3 Å². The molecular formula is C21H22N2O3. The van der Waals surface area contributed by atoms with Gasteiger partial charge in [-0.2, -0.15) is 0 Å². The first-order valence-electron chi connectivity index (χ1n) is 9.01. The maximum absolute atomic E-state index is 13.1. The summed E-state index contributed by atoms with van der Waals surface area (Å²) in [6, 6.07) is 19.1. The van der Waals surface area contributed by atoms with Gasteiger partial charge in [-0.15, -0.1) is 0 Å². The Kier molecular flexibility index (Phi) is 4.71. The Labute approximate surface area is 152 Å². The number of piperidine rings is 1. The lowest BCUT2D eigenvalue weighted by Crippen LogP contribution is -2.54. The van der Waals surface area contributed by atoms with Crippen molar-refractivity contribution >= 4 is 11.8 Å². The van der Waals surface area contributed by atoms with Gasteiger partial charge in [-0.05, 0) is 24.1 Å². The molecule has 1 N–H and O–H groups in total. The minimum Gasteiger partial charge on any atom is -0.471 e. The minimum atomic E-state index is -0.496. The fourth-order valence-corrected chi connectivity index (χ4v) is 3.72. The molecule has 26 heavy (non-hydrogen) atoms. The molecule has 1 amide bonds. The van der Waals surface area contributed by atoms with Gasteiger partial charge in [0.1, 0.15) is 6.10 Å². The summed E-state index contributed by atoms with van der Waals surface area (Å²) in [4.78, 5) is 19.6. The third-order valence-corrected chi connectivity index (χ3v) is 5.03. The molecule has 3 unspecified atom stereocenters. The number of fused-ring (bicyclic) bond motifs is 1. The number of hydrogen-bond donors (Lipinski definition) is 1. The second-order valence-corrected chi connectivity index (χ2v) is 6.75. The molecule has 0 aromatic heterocycles. The number of hydrogen-bond acceptors (Lipinski definition) is 4. The molecular weight excluding hydrogens is 328 g/mol. The van der Waals surface area contributed by atoms with Crippen LogP contribution in [0.1, 0.15) is 24.0 Å². The Balaban J connectivity index is 1.59. The van der Waals surface area contributed by atoms with Crippen molar-refractivity contribution in [1.29, 1.82) is 0 Å². The van der Waals surface area contributed by atoms with Gasteiger partial charge in [0.15, 0.2) is 6.04 Å². The van der Waals surface area contributed by atoms with E-state index >= 15 is 0 Å². The van der Waals surface area contributed by atoms with Crippen LogP contribution in [-0.2, 0) is 16.1 Å². The van der Waals surface area contributed by atoms with E-state index in [2.05, 4.69) is 4.99 Å². The van der Waals surface area contributed by atoms with E-state index in [4.69, 9.17) is 4.74 Å². The van der Waals surface area contributed by atoms with Gasteiger partial charge in [0.25, 0.3) is 5.91 Å². The number of carbonyl (C=O) groups excluding carboxylic acids is 1. The third kappa shape index (κ3) is 3.22. The van der Waals surface area contributed by atoms with E-state index in [-0.39, 0.29) is 24.7 Å². The molecule has 5 heteroatoms. The number of aliphatic hydroxyl groups is 1. The lowest BCUT2D eigenvalue weighted by molar-refractivity contribution is -0.142. The van der Waals surface area contributed by atoms with Crippen molar-refractivity contribution in [2.24, 2.45) is 4.99 Å². The molecule has 0 saturated carbocycles. The quantitative estimate of drug-likeness (QED) is 0.901. The SMILES string of the molecule is O=C1C2N=C(c3ccccc3)OC2CC(CCO)N1Cc1ccccc1. The van der Waals surface area contributed by atoms with Crippen molar-refractivity contribution in [3.63, 3.8) is 0 Å². The van der Waals surface area contributed by atoms with Gasteiger partial charge in [-0.25, -0.2) is 4.99 Å². The molecule has 2 aliphatic heterocycles. The molecule has 2 aliphatic rings.